The second kappa shape index (κ2) is 4.36. The summed E-state index contributed by atoms with van der Waals surface area (Å²) in [7, 11) is 2.68. The summed E-state index contributed by atoms with van der Waals surface area (Å²) >= 11 is 0. The Morgan fingerprint density at radius 3 is 2.67 bits per heavy atom. The van der Waals surface area contributed by atoms with Crippen molar-refractivity contribution in [3.63, 3.8) is 0 Å². The average molecular weight is 250 g/mol. The third-order valence-electron chi connectivity index (χ3n) is 2.57. The lowest BCUT2D eigenvalue weighted by Crippen LogP contribution is -2.04. The SMILES string of the molecule is COC(=O)c1cn(OC)c2ccc([N+](=O)[O-])cc12. The normalized spacial score (nSPS) is 10.3. The van der Waals surface area contributed by atoms with Gasteiger partial charge in [0.1, 0.15) is 7.11 Å². The summed E-state index contributed by atoms with van der Waals surface area (Å²) in [6.07, 6.45) is 1.43. The number of aromatic nitrogens is 1. The Morgan fingerprint density at radius 1 is 1.39 bits per heavy atom. The number of benzene rings is 1. The molecule has 2 aromatic rings. The number of hydrogen-bond acceptors (Lipinski definition) is 5. The lowest BCUT2D eigenvalue weighted by atomic mass is 10.1. The van der Waals surface area contributed by atoms with Crippen LogP contribution in [-0.4, -0.2) is 29.8 Å². The van der Waals surface area contributed by atoms with E-state index in [1.165, 1.54) is 43.3 Å². The second-order valence-corrected chi connectivity index (χ2v) is 3.50. The Hall–Kier alpha value is -2.57. The maximum atomic E-state index is 11.6. The smallest absolute Gasteiger partial charge is 0.340 e. The minimum absolute atomic E-state index is 0.0958. The monoisotopic (exact) mass is 250 g/mol. The molecule has 0 amide bonds. The fourth-order valence-electron chi connectivity index (χ4n) is 1.73. The maximum absolute atomic E-state index is 11.6. The number of esters is 1. The molecule has 0 atom stereocenters. The largest absolute Gasteiger partial charge is 0.465 e. The molecule has 0 unspecified atom stereocenters. The summed E-state index contributed by atoms with van der Waals surface area (Å²) in [6.45, 7) is 0. The van der Waals surface area contributed by atoms with Crippen LogP contribution in [0.4, 0.5) is 5.69 Å². The highest BCUT2D eigenvalue weighted by Crippen LogP contribution is 2.25. The number of nitrogens with zero attached hydrogens (tertiary/aromatic N) is 2. The Labute approximate surface area is 102 Å². The zero-order valence-corrected chi connectivity index (χ0v) is 9.75. The molecule has 0 bridgehead atoms. The molecule has 0 saturated heterocycles. The molecule has 18 heavy (non-hydrogen) atoms. The van der Waals surface area contributed by atoms with Crippen LogP contribution >= 0.6 is 0 Å². The van der Waals surface area contributed by atoms with E-state index in [1.54, 1.807) is 0 Å². The van der Waals surface area contributed by atoms with E-state index in [1.807, 2.05) is 0 Å². The molecule has 0 aliphatic rings. The van der Waals surface area contributed by atoms with Crippen LogP contribution in [0.5, 0.6) is 0 Å². The van der Waals surface area contributed by atoms with Gasteiger partial charge in [0, 0.05) is 17.5 Å². The number of carbonyl (C=O) groups excluding carboxylic acids is 1. The fraction of sp³-hybridized carbons (Fsp3) is 0.182. The van der Waals surface area contributed by atoms with Crippen LogP contribution in [0, 0.1) is 10.1 Å². The summed E-state index contributed by atoms with van der Waals surface area (Å²) in [5.41, 5.74) is 0.683. The number of nitro benzene ring substituents is 1. The summed E-state index contributed by atoms with van der Waals surface area (Å²) in [5.74, 6) is -0.573. The molecule has 0 N–H and O–H groups in total. The molecule has 7 heteroatoms. The average Bonchev–Trinajstić information content (AvgIpc) is 2.75. The highest BCUT2D eigenvalue weighted by Gasteiger charge is 2.18. The Kier molecular flexibility index (Phi) is 2.88. The van der Waals surface area contributed by atoms with E-state index in [2.05, 4.69) is 4.74 Å². The Bertz CT molecular complexity index is 632. The Morgan fingerprint density at radius 2 is 2.11 bits per heavy atom. The van der Waals surface area contributed by atoms with E-state index in [0.29, 0.717) is 10.9 Å². The summed E-state index contributed by atoms with van der Waals surface area (Å²) in [6, 6.07) is 4.18. The van der Waals surface area contributed by atoms with Gasteiger partial charge in [0.25, 0.3) is 5.69 Å². The van der Waals surface area contributed by atoms with E-state index >= 15 is 0 Å². The summed E-state index contributed by atoms with van der Waals surface area (Å²) < 4.78 is 5.98. The molecule has 0 spiro atoms. The van der Waals surface area contributed by atoms with Crippen molar-refractivity contribution in [3.8, 4) is 0 Å². The number of carbonyl (C=O) groups is 1. The van der Waals surface area contributed by atoms with Crippen LogP contribution in [0.15, 0.2) is 24.4 Å². The molecule has 7 nitrogen and oxygen atoms in total. The molecule has 1 aromatic carbocycles. The van der Waals surface area contributed by atoms with Crippen molar-refractivity contribution in [2.24, 2.45) is 0 Å². The van der Waals surface area contributed by atoms with Gasteiger partial charge in [0.05, 0.1) is 29.3 Å². The van der Waals surface area contributed by atoms with Crippen LogP contribution in [-0.2, 0) is 4.74 Å². The molecule has 2 rings (SSSR count). The van der Waals surface area contributed by atoms with Crippen LogP contribution < -0.4 is 4.84 Å². The second-order valence-electron chi connectivity index (χ2n) is 3.50. The van der Waals surface area contributed by atoms with Crippen molar-refractivity contribution < 1.29 is 19.3 Å². The molecule has 1 heterocycles. The lowest BCUT2D eigenvalue weighted by molar-refractivity contribution is -0.384. The number of ether oxygens (including phenoxy) is 1. The summed E-state index contributed by atoms with van der Waals surface area (Å²) in [5, 5.41) is 11.1. The van der Waals surface area contributed by atoms with Gasteiger partial charge in [-0.1, -0.05) is 0 Å². The van der Waals surface area contributed by atoms with E-state index in [0.717, 1.165) is 0 Å². The zero-order chi connectivity index (χ0) is 13.3. The molecular weight excluding hydrogens is 240 g/mol. The topological polar surface area (TPSA) is 83.6 Å². The minimum atomic E-state index is -0.573. The number of non-ortho nitro benzene ring substituents is 1. The maximum Gasteiger partial charge on any atom is 0.340 e. The van der Waals surface area contributed by atoms with Crippen molar-refractivity contribution in [2.75, 3.05) is 14.2 Å². The van der Waals surface area contributed by atoms with Crippen LogP contribution in [0.1, 0.15) is 10.4 Å². The highest BCUT2D eigenvalue weighted by molar-refractivity contribution is 6.04. The first-order valence-corrected chi connectivity index (χ1v) is 5.00. The predicted octanol–water partition coefficient (Wildman–Crippen LogP) is 1.39. The third-order valence-corrected chi connectivity index (χ3v) is 2.57. The van der Waals surface area contributed by atoms with E-state index < -0.39 is 10.9 Å². The number of hydrogen-bond donors (Lipinski definition) is 0. The minimum Gasteiger partial charge on any atom is -0.465 e. The summed E-state index contributed by atoms with van der Waals surface area (Å²) in [4.78, 5) is 26.8. The highest BCUT2D eigenvalue weighted by atomic mass is 16.6. The Balaban J connectivity index is 2.73. The molecule has 0 radical (unpaired) electrons. The van der Waals surface area contributed by atoms with Gasteiger partial charge in [-0.3, -0.25) is 10.1 Å². The first kappa shape index (κ1) is 11.9. The van der Waals surface area contributed by atoms with Crippen LogP contribution in [0.3, 0.4) is 0 Å². The van der Waals surface area contributed by atoms with Gasteiger partial charge < -0.3 is 9.57 Å². The van der Waals surface area contributed by atoms with Gasteiger partial charge in [-0.05, 0) is 6.07 Å². The van der Waals surface area contributed by atoms with Gasteiger partial charge in [-0.2, -0.15) is 4.73 Å². The lowest BCUT2D eigenvalue weighted by Gasteiger charge is -2.00. The molecule has 94 valence electrons. The molecule has 0 aliphatic heterocycles. The van der Waals surface area contributed by atoms with Gasteiger partial charge in [0.15, 0.2) is 0 Å². The van der Waals surface area contributed by atoms with E-state index in [9.17, 15) is 14.9 Å². The van der Waals surface area contributed by atoms with E-state index in [-0.39, 0.29) is 11.3 Å². The van der Waals surface area contributed by atoms with Crippen LogP contribution in [0.2, 0.25) is 0 Å². The van der Waals surface area contributed by atoms with Gasteiger partial charge >= 0.3 is 5.97 Å². The number of fused-ring (bicyclic) bond motifs is 1. The molecule has 0 saturated carbocycles. The molecule has 1 aromatic heterocycles. The van der Waals surface area contributed by atoms with Gasteiger partial charge in [-0.25, -0.2) is 4.79 Å². The van der Waals surface area contributed by atoms with E-state index in [4.69, 9.17) is 4.84 Å². The van der Waals surface area contributed by atoms with Crippen molar-refractivity contribution in [2.45, 2.75) is 0 Å². The van der Waals surface area contributed by atoms with Crippen LogP contribution in [0.25, 0.3) is 10.9 Å². The van der Waals surface area contributed by atoms with Crippen molar-refractivity contribution in [1.29, 1.82) is 0 Å². The first-order valence-electron chi connectivity index (χ1n) is 5.00. The number of methoxy groups -OCH3 is 1. The first-order chi connectivity index (χ1) is 8.58. The standard InChI is InChI=1S/C11H10N2O5/c1-17-11(14)9-6-12(18-2)10-4-3-7(13(15)16)5-8(9)10/h3-6H,1-2H3. The van der Waals surface area contributed by atoms with Gasteiger partial charge in [-0.15, -0.1) is 0 Å². The molecule has 0 fully saturated rings. The number of rotatable bonds is 3. The number of nitro groups is 1. The third kappa shape index (κ3) is 1.75. The van der Waals surface area contributed by atoms with Gasteiger partial charge in [0.2, 0.25) is 0 Å². The zero-order valence-electron chi connectivity index (χ0n) is 9.75. The predicted molar refractivity (Wildman–Crippen MR) is 62.4 cm³/mol. The quantitative estimate of drug-likeness (QED) is 0.467. The van der Waals surface area contributed by atoms with Crippen molar-refractivity contribution >= 4 is 22.6 Å². The fourth-order valence-corrected chi connectivity index (χ4v) is 1.73. The van der Waals surface area contributed by atoms with Crippen molar-refractivity contribution in [1.82, 2.24) is 4.73 Å². The molecule has 0 aliphatic carbocycles. The van der Waals surface area contributed by atoms with Crippen molar-refractivity contribution in [3.05, 3.63) is 40.1 Å². The molecular formula is C11H10N2O5.